The van der Waals surface area contributed by atoms with Crippen LogP contribution in [0.3, 0.4) is 0 Å². The number of carboxylic acids is 1. The van der Waals surface area contributed by atoms with Gasteiger partial charge in [0.2, 0.25) is 5.91 Å². The van der Waals surface area contributed by atoms with Crippen molar-refractivity contribution in [1.29, 1.82) is 0 Å². The fourth-order valence-corrected chi connectivity index (χ4v) is 3.24. The van der Waals surface area contributed by atoms with Gasteiger partial charge in [0.05, 0.1) is 11.5 Å². The van der Waals surface area contributed by atoms with Gasteiger partial charge in [-0.05, 0) is 56.0 Å². The molecule has 1 fully saturated rings. The number of aryl methyl sites for hydroxylation is 1. The molecular formula is C16H20N2O3. The number of piperidine rings is 1. The number of anilines is 1. The number of rotatable bonds is 2. The Balaban J connectivity index is 1.86. The van der Waals surface area contributed by atoms with Gasteiger partial charge in [0.25, 0.3) is 0 Å². The van der Waals surface area contributed by atoms with E-state index in [2.05, 4.69) is 5.32 Å². The smallest absolute Gasteiger partial charge is 0.335 e. The topological polar surface area (TPSA) is 69.6 Å². The molecule has 0 unspecified atom stereocenters. The van der Waals surface area contributed by atoms with Crippen molar-refractivity contribution < 1.29 is 14.7 Å². The molecule has 3 rings (SSSR count). The Kier molecular flexibility index (Phi) is 3.92. The molecule has 2 heterocycles. The molecule has 2 N–H and O–H groups in total. The molecule has 2 aliphatic heterocycles. The third-order valence-electron chi connectivity index (χ3n) is 4.36. The van der Waals surface area contributed by atoms with Crippen molar-refractivity contribution in [3.8, 4) is 0 Å². The van der Waals surface area contributed by atoms with Gasteiger partial charge in [-0.3, -0.25) is 4.79 Å². The molecule has 112 valence electrons. The number of nitrogens with one attached hydrogen (secondary N) is 1. The summed E-state index contributed by atoms with van der Waals surface area (Å²) < 4.78 is 0. The second-order valence-corrected chi connectivity index (χ2v) is 5.79. The van der Waals surface area contributed by atoms with Gasteiger partial charge in [0.15, 0.2) is 0 Å². The first kappa shape index (κ1) is 14.1. The molecule has 0 aromatic heterocycles. The number of nitrogens with zero attached hydrogens (tertiary/aromatic N) is 1. The summed E-state index contributed by atoms with van der Waals surface area (Å²) in [5, 5.41) is 12.4. The summed E-state index contributed by atoms with van der Waals surface area (Å²) in [5.41, 5.74) is 2.16. The van der Waals surface area contributed by atoms with E-state index in [0.29, 0.717) is 5.56 Å². The van der Waals surface area contributed by atoms with E-state index in [1.54, 1.807) is 18.2 Å². The number of hydrogen-bond donors (Lipinski definition) is 2. The largest absolute Gasteiger partial charge is 0.478 e. The Morgan fingerprint density at radius 2 is 2.14 bits per heavy atom. The van der Waals surface area contributed by atoms with E-state index in [9.17, 15) is 9.59 Å². The van der Waals surface area contributed by atoms with E-state index in [1.807, 2.05) is 4.90 Å². The lowest BCUT2D eigenvalue weighted by atomic mass is 9.94. The van der Waals surface area contributed by atoms with Gasteiger partial charge < -0.3 is 15.3 Å². The highest BCUT2D eigenvalue weighted by atomic mass is 16.4. The Labute approximate surface area is 123 Å². The summed E-state index contributed by atoms with van der Waals surface area (Å²) in [6, 6.07) is 5.08. The number of carbonyl (C=O) groups is 2. The molecule has 0 radical (unpaired) electrons. The zero-order chi connectivity index (χ0) is 14.8. The number of fused-ring (bicyclic) bond motifs is 1. The molecule has 1 aromatic carbocycles. The fourth-order valence-electron chi connectivity index (χ4n) is 3.24. The van der Waals surface area contributed by atoms with E-state index in [4.69, 9.17) is 5.11 Å². The van der Waals surface area contributed by atoms with Gasteiger partial charge in [-0.15, -0.1) is 0 Å². The van der Waals surface area contributed by atoms with Crippen molar-refractivity contribution in [2.75, 3.05) is 24.5 Å². The van der Waals surface area contributed by atoms with Crippen molar-refractivity contribution in [3.63, 3.8) is 0 Å². The lowest BCUT2D eigenvalue weighted by Crippen LogP contribution is -2.45. The lowest BCUT2D eigenvalue weighted by Gasteiger charge is -2.34. The minimum atomic E-state index is -0.919. The molecule has 0 saturated carbocycles. The molecule has 1 saturated heterocycles. The van der Waals surface area contributed by atoms with Crippen LogP contribution in [-0.2, 0) is 11.2 Å². The second-order valence-electron chi connectivity index (χ2n) is 5.79. The fraction of sp³-hybridized carbons (Fsp3) is 0.500. The van der Waals surface area contributed by atoms with Crippen molar-refractivity contribution in [2.45, 2.75) is 25.7 Å². The summed E-state index contributed by atoms with van der Waals surface area (Å²) in [7, 11) is 0. The van der Waals surface area contributed by atoms with Gasteiger partial charge in [-0.2, -0.15) is 0 Å². The van der Waals surface area contributed by atoms with E-state index in [1.165, 1.54) is 0 Å². The first-order valence-corrected chi connectivity index (χ1v) is 7.55. The Bertz CT molecular complexity index is 565. The third-order valence-corrected chi connectivity index (χ3v) is 4.36. The third kappa shape index (κ3) is 2.78. The summed E-state index contributed by atoms with van der Waals surface area (Å²) in [6.45, 7) is 2.47. The van der Waals surface area contributed by atoms with Crippen molar-refractivity contribution in [1.82, 2.24) is 5.32 Å². The monoisotopic (exact) mass is 288 g/mol. The molecule has 0 bridgehead atoms. The Morgan fingerprint density at radius 1 is 1.29 bits per heavy atom. The average molecular weight is 288 g/mol. The summed E-state index contributed by atoms with van der Waals surface area (Å²) in [6.07, 6.45) is 3.70. The van der Waals surface area contributed by atoms with Crippen molar-refractivity contribution in [3.05, 3.63) is 29.3 Å². The van der Waals surface area contributed by atoms with Crippen LogP contribution in [0.25, 0.3) is 0 Å². The van der Waals surface area contributed by atoms with Gasteiger partial charge in [-0.25, -0.2) is 4.79 Å². The van der Waals surface area contributed by atoms with Crippen LogP contribution in [0.5, 0.6) is 0 Å². The van der Waals surface area contributed by atoms with Gasteiger partial charge in [0.1, 0.15) is 0 Å². The van der Waals surface area contributed by atoms with Crippen LogP contribution in [0.1, 0.15) is 35.2 Å². The number of aromatic carboxylic acids is 1. The molecule has 21 heavy (non-hydrogen) atoms. The maximum Gasteiger partial charge on any atom is 0.335 e. The quantitative estimate of drug-likeness (QED) is 0.868. The molecule has 0 spiro atoms. The van der Waals surface area contributed by atoms with E-state index < -0.39 is 5.97 Å². The molecule has 1 atom stereocenters. The van der Waals surface area contributed by atoms with Crippen molar-refractivity contribution >= 4 is 17.6 Å². The van der Waals surface area contributed by atoms with Crippen LogP contribution < -0.4 is 10.2 Å². The standard InChI is InChI=1S/C16H20N2O3/c19-15(13-3-1-7-17-10-13)18-8-2-4-11-9-12(16(20)21)5-6-14(11)18/h5-6,9,13,17H,1-4,7-8,10H2,(H,20,21)/t13-/m0/s1. The Morgan fingerprint density at radius 3 is 2.86 bits per heavy atom. The van der Waals surface area contributed by atoms with Gasteiger partial charge in [-0.1, -0.05) is 0 Å². The van der Waals surface area contributed by atoms with Crippen molar-refractivity contribution in [2.24, 2.45) is 5.92 Å². The first-order chi connectivity index (χ1) is 10.2. The molecule has 2 aliphatic rings. The number of amides is 1. The summed E-state index contributed by atoms with van der Waals surface area (Å²) in [5.74, 6) is -0.701. The van der Waals surface area contributed by atoms with Crippen LogP contribution in [-0.4, -0.2) is 36.6 Å². The predicted octanol–water partition coefficient (Wildman–Crippen LogP) is 1.66. The number of carbonyl (C=O) groups excluding carboxylic acids is 1. The minimum Gasteiger partial charge on any atom is -0.478 e. The van der Waals surface area contributed by atoms with E-state index in [-0.39, 0.29) is 11.8 Å². The maximum absolute atomic E-state index is 12.7. The normalized spacial score (nSPS) is 21.7. The molecule has 0 aliphatic carbocycles. The molecule has 1 amide bonds. The zero-order valence-corrected chi connectivity index (χ0v) is 12.0. The molecule has 1 aromatic rings. The van der Waals surface area contributed by atoms with Crippen LogP contribution in [0.15, 0.2) is 18.2 Å². The summed E-state index contributed by atoms with van der Waals surface area (Å²) in [4.78, 5) is 25.6. The molecular weight excluding hydrogens is 268 g/mol. The highest BCUT2D eigenvalue weighted by Crippen LogP contribution is 2.30. The second kappa shape index (κ2) is 5.85. The van der Waals surface area contributed by atoms with Gasteiger partial charge >= 0.3 is 5.97 Å². The summed E-state index contributed by atoms with van der Waals surface area (Å²) >= 11 is 0. The van der Waals surface area contributed by atoms with Crippen LogP contribution in [0.2, 0.25) is 0 Å². The number of carboxylic acid groups (broad SMARTS) is 1. The average Bonchev–Trinajstić information content (AvgIpc) is 2.54. The highest BCUT2D eigenvalue weighted by molar-refractivity contribution is 5.97. The van der Waals surface area contributed by atoms with Crippen LogP contribution in [0.4, 0.5) is 5.69 Å². The SMILES string of the molecule is O=C(O)c1ccc2c(c1)CCCN2C(=O)[C@H]1CCCNC1. The number of hydrogen-bond acceptors (Lipinski definition) is 3. The molecule has 5 nitrogen and oxygen atoms in total. The van der Waals surface area contributed by atoms with Crippen LogP contribution >= 0.6 is 0 Å². The van der Waals surface area contributed by atoms with E-state index in [0.717, 1.165) is 56.6 Å². The first-order valence-electron chi connectivity index (χ1n) is 7.55. The lowest BCUT2D eigenvalue weighted by molar-refractivity contribution is -0.122. The maximum atomic E-state index is 12.7. The highest BCUT2D eigenvalue weighted by Gasteiger charge is 2.29. The molecule has 5 heteroatoms. The number of benzene rings is 1. The predicted molar refractivity (Wildman–Crippen MR) is 79.7 cm³/mol. The Hall–Kier alpha value is -1.88. The zero-order valence-electron chi connectivity index (χ0n) is 12.0. The van der Waals surface area contributed by atoms with Gasteiger partial charge in [0, 0.05) is 18.8 Å². The minimum absolute atomic E-state index is 0.0452. The van der Waals surface area contributed by atoms with E-state index >= 15 is 0 Å². The van der Waals surface area contributed by atoms with Crippen LogP contribution in [0, 0.1) is 5.92 Å².